The van der Waals surface area contributed by atoms with Crippen molar-refractivity contribution in [3.05, 3.63) is 35.4 Å². The minimum atomic E-state index is -0.0636. The molecular weight excluding hydrogens is 276 g/mol. The number of amides is 1. The van der Waals surface area contributed by atoms with Gasteiger partial charge in [0.1, 0.15) is 0 Å². The fourth-order valence-corrected chi connectivity index (χ4v) is 2.66. The fourth-order valence-electron chi connectivity index (χ4n) is 2.66. The molecule has 0 unspecified atom stereocenters. The van der Waals surface area contributed by atoms with Crippen molar-refractivity contribution >= 4 is 11.9 Å². The number of nitrogens with one attached hydrogen (secondary N) is 3. The van der Waals surface area contributed by atoms with Crippen molar-refractivity contribution in [2.75, 3.05) is 13.6 Å². The van der Waals surface area contributed by atoms with Gasteiger partial charge in [-0.15, -0.1) is 0 Å². The summed E-state index contributed by atoms with van der Waals surface area (Å²) in [5.41, 5.74) is 1.77. The Labute approximate surface area is 132 Å². The van der Waals surface area contributed by atoms with Crippen LogP contribution in [0.5, 0.6) is 0 Å². The molecule has 1 aliphatic carbocycles. The number of guanidine groups is 1. The summed E-state index contributed by atoms with van der Waals surface area (Å²) in [5, 5.41) is 9.42. The number of hydrogen-bond donors (Lipinski definition) is 3. The maximum absolute atomic E-state index is 11.5. The molecule has 0 heterocycles. The lowest BCUT2D eigenvalue weighted by Crippen LogP contribution is -2.42. The van der Waals surface area contributed by atoms with Gasteiger partial charge < -0.3 is 16.0 Å². The third kappa shape index (κ3) is 4.76. The van der Waals surface area contributed by atoms with E-state index in [1.54, 1.807) is 7.05 Å². The Bertz CT molecular complexity index is 504. The Kier molecular flexibility index (Phi) is 6.25. The van der Waals surface area contributed by atoms with E-state index in [1.165, 1.54) is 25.7 Å². The van der Waals surface area contributed by atoms with Crippen LogP contribution in [0, 0.1) is 0 Å². The minimum absolute atomic E-state index is 0.0636. The topological polar surface area (TPSA) is 65.5 Å². The second-order valence-electron chi connectivity index (χ2n) is 5.60. The van der Waals surface area contributed by atoms with Gasteiger partial charge in [0, 0.05) is 25.2 Å². The van der Waals surface area contributed by atoms with E-state index in [2.05, 4.69) is 27.9 Å². The first-order valence-corrected chi connectivity index (χ1v) is 8.08. The molecule has 0 atom stereocenters. The molecular formula is C17H26N4O. The third-order valence-electron chi connectivity index (χ3n) is 3.90. The summed E-state index contributed by atoms with van der Waals surface area (Å²) < 4.78 is 0. The molecule has 5 heteroatoms. The molecule has 0 aromatic heterocycles. The van der Waals surface area contributed by atoms with Crippen LogP contribution in [-0.4, -0.2) is 31.5 Å². The minimum Gasteiger partial charge on any atom is -0.357 e. The largest absolute Gasteiger partial charge is 0.357 e. The van der Waals surface area contributed by atoms with Gasteiger partial charge in [-0.05, 0) is 37.5 Å². The highest BCUT2D eigenvalue weighted by Gasteiger charge is 2.15. The predicted molar refractivity (Wildman–Crippen MR) is 90.0 cm³/mol. The number of carbonyl (C=O) groups excluding carboxylic acids is 1. The van der Waals surface area contributed by atoms with Gasteiger partial charge in [0.05, 0.1) is 6.54 Å². The summed E-state index contributed by atoms with van der Waals surface area (Å²) in [5.74, 6) is 0.816. The van der Waals surface area contributed by atoms with Gasteiger partial charge in [0.15, 0.2) is 5.96 Å². The van der Waals surface area contributed by atoms with Crippen LogP contribution in [-0.2, 0) is 6.54 Å². The summed E-state index contributed by atoms with van der Waals surface area (Å²) in [6.45, 7) is 3.54. The predicted octanol–water partition coefficient (Wildman–Crippen LogP) is 2.04. The van der Waals surface area contributed by atoms with Gasteiger partial charge >= 0.3 is 0 Å². The van der Waals surface area contributed by atoms with E-state index in [0.717, 1.165) is 18.1 Å². The Morgan fingerprint density at radius 1 is 1.23 bits per heavy atom. The number of rotatable bonds is 5. The van der Waals surface area contributed by atoms with Gasteiger partial charge in [0.2, 0.25) is 0 Å². The maximum atomic E-state index is 11.5. The number of hydrogen-bond acceptors (Lipinski definition) is 2. The molecule has 22 heavy (non-hydrogen) atoms. The van der Waals surface area contributed by atoms with Crippen LogP contribution < -0.4 is 16.0 Å². The Morgan fingerprint density at radius 2 is 1.91 bits per heavy atom. The molecule has 0 saturated heterocycles. The number of nitrogens with zero attached hydrogens (tertiary/aromatic N) is 1. The normalized spacial score (nSPS) is 15.6. The van der Waals surface area contributed by atoms with Crippen molar-refractivity contribution in [3.63, 3.8) is 0 Å². The van der Waals surface area contributed by atoms with Crippen LogP contribution in [0.25, 0.3) is 0 Å². The van der Waals surface area contributed by atoms with E-state index in [-0.39, 0.29) is 5.91 Å². The molecule has 1 amide bonds. The van der Waals surface area contributed by atoms with Crippen molar-refractivity contribution in [1.29, 1.82) is 0 Å². The SMILES string of the molecule is CCNC(=NCc1ccc(C(=O)NC)cc1)NC1CCCC1. The molecule has 1 aliphatic rings. The zero-order chi connectivity index (χ0) is 15.8. The monoisotopic (exact) mass is 302 g/mol. The zero-order valence-electron chi connectivity index (χ0n) is 13.5. The van der Waals surface area contributed by atoms with E-state index in [1.807, 2.05) is 24.3 Å². The first kappa shape index (κ1) is 16.3. The van der Waals surface area contributed by atoms with Gasteiger partial charge in [0.25, 0.3) is 5.91 Å². The smallest absolute Gasteiger partial charge is 0.251 e. The second kappa shape index (κ2) is 8.41. The van der Waals surface area contributed by atoms with Crippen LogP contribution in [0.1, 0.15) is 48.5 Å². The van der Waals surface area contributed by atoms with Crippen LogP contribution in [0.2, 0.25) is 0 Å². The molecule has 0 spiro atoms. The van der Waals surface area contributed by atoms with Gasteiger partial charge in [-0.2, -0.15) is 0 Å². The number of carbonyl (C=O) groups is 1. The molecule has 0 aliphatic heterocycles. The highest BCUT2D eigenvalue weighted by atomic mass is 16.1. The molecule has 1 aromatic carbocycles. The zero-order valence-corrected chi connectivity index (χ0v) is 13.5. The van der Waals surface area contributed by atoms with Crippen LogP contribution >= 0.6 is 0 Å². The first-order valence-electron chi connectivity index (χ1n) is 8.08. The average Bonchev–Trinajstić information content (AvgIpc) is 3.05. The van der Waals surface area contributed by atoms with E-state index in [0.29, 0.717) is 18.2 Å². The molecule has 0 bridgehead atoms. The average molecular weight is 302 g/mol. The second-order valence-corrected chi connectivity index (χ2v) is 5.60. The van der Waals surface area contributed by atoms with Gasteiger partial charge in [-0.1, -0.05) is 25.0 Å². The number of benzene rings is 1. The molecule has 2 rings (SSSR count). The Morgan fingerprint density at radius 3 is 2.50 bits per heavy atom. The molecule has 0 radical (unpaired) electrons. The number of aliphatic imine (C=N–C) groups is 1. The summed E-state index contributed by atoms with van der Waals surface area (Å²) >= 11 is 0. The molecule has 3 N–H and O–H groups in total. The van der Waals surface area contributed by atoms with Crippen molar-refractivity contribution in [1.82, 2.24) is 16.0 Å². The van der Waals surface area contributed by atoms with E-state index in [4.69, 9.17) is 0 Å². The maximum Gasteiger partial charge on any atom is 0.251 e. The first-order chi connectivity index (χ1) is 10.7. The quantitative estimate of drug-likeness (QED) is 0.576. The summed E-state index contributed by atoms with van der Waals surface area (Å²) in [6.07, 6.45) is 5.06. The molecule has 120 valence electrons. The Hall–Kier alpha value is -2.04. The van der Waals surface area contributed by atoms with E-state index >= 15 is 0 Å². The van der Waals surface area contributed by atoms with Crippen LogP contribution in [0.4, 0.5) is 0 Å². The molecule has 1 fully saturated rings. The van der Waals surface area contributed by atoms with E-state index < -0.39 is 0 Å². The molecule has 5 nitrogen and oxygen atoms in total. The lowest BCUT2D eigenvalue weighted by Gasteiger charge is -2.16. The van der Waals surface area contributed by atoms with Crippen molar-refractivity contribution in [2.24, 2.45) is 4.99 Å². The summed E-state index contributed by atoms with van der Waals surface area (Å²) in [6, 6.07) is 8.12. The highest BCUT2D eigenvalue weighted by Crippen LogP contribution is 2.17. The van der Waals surface area contributed by atoms with Gasteiger partial charge in [-0.25, -0.2) is 4.99 Å². The van der Waals surface area contributed by atoms with E-state index in [9.17, 15) is 4.79 Å². The van der Waals surface area contributed by atoms with Crippen LogP contribution in [0.3, 0.4) is 0 Å². The lowest BCUT2D eigenvalue weighted by molar-refractivity contribution is 0.0963. The molecule has 1 aromatic rings. The fraction of sp³-hybridized carbons (Fsp3) is 0.529. The third-order valence-corrected chi connectivity index (χ3v) is 3.90. The Balaban J connectivity index is 1.95. The summed E-state index contributed by atoms with van der Waals surface area (Å²) in [7, 11) is 1.64. The van der Waals surface area contributed by atoms with Crippen molar-refractivity contribution in [2.45, 2.75) is 45.2 Å². The van der Waals surface area contributed by atoms with Crippen LogP contribution in [0.15, 0.2) is 29.3 Å². The lowest BCUT2D eigenvalue weighted by atomic mass is 10.1. The van der Waals surface area contributed by atoms with Crippen molar-refractivity contribution in [3.8, 4) is 0 Å². The van der Waals surface area contributed by atoms with Gasteiger partial charge in [-0.3, -0.25) is 4.79 Å². The molecule has 1 saturated carbocycles. The standard InChI is InChI=1S/C17H26N4O/c1-3-19-17(21-15-6-4-5-7-15)20-12-13-8-10-14(11-9-13)16(22)18-2/h8-11,15H,3-7,12H2,1-2H3,(H,18,22)(H2,19,20,21). The van der Waals surface area contributed by atoms with Crippen molar-refractivity contribution < 1.29 is 4.79 Å². The highest BCUT2D eigenvalue weighted by molar-refractivity contribution is 5.93. The summed E-state index contributed by atoms with van der Waals surface area (Å²) in [4.78, 5) is 16.1.